The van der Waals surface area contributed by atoms with E-state index in [0.717, 1.165) is 43.7 Å². The van der Waals surface area contributed by atoms with Crippen LogP contribution in [0.5, 0.6) is 5.75 Å². The lowest BCUT2D eigenvalue weighted by atomic mass is 10.0. The van der Waals surface area contributed by atoms with Crippen molar-refractivity contribution in [2.75, 3.05) is 18.2 Å². The molecule has 0 unspecified atom stereocenters. The Morgan fingerprint density at radius 2 is 1.94 bits per heavy atom. The van der Waals surface area contributed by atoms with Gasteiger partial charge in [0.25, 0.3) is 0 Å². The Morgan fingerprint density at radius 3 is 2.58 bits per heavy atom. The van der Waals surface area contributed by atoms with Gasteiger partial charge in [-0.2, -0.15) is 0 Å². The summed E-state index contributed by atoms with van der Waals surface area (Å²) in [4.78, 5) is 12.6. The maximum absolute atomic E-state index is 12.6. The topological polar surface area (TPSA) is 69.0 Å². The third kappa shape index (κ3) is 6.22. The summed E-state index contributed by atoms with van der Waals surface area (Å²) in [7, 11) is 1.66. The van der Waals surface area contributed by atoms with E-state index in [-0.39, 0.29) is 11.7 Å². The Balaban J connectivity index is 1.64. The van der Waals surface area contributed by atoms with Crippen molar-refractivity contribution in [3.05, 3.63) is 63.0 Å². The van der Waals surface area contributed by atoms with Gasteiger partial charge in [0.1, 0.15) is 11.6 Å². The first-order chi connectivity index (χ1) is 14.9. The summed E-state index contributed by atoms with van der Waals surface area (Å²) in [5.41, 5.74) is 3.15. The summed E-state index contributed by atoms with van der Waals surface area (Å²) in [6.07, 6.45) is 0.679. The predicted molar refractivity (Wildman–Crippen MR) is 134 cm³/mol. The number of ether oxygens (including phenoxy) is 1. The first kappa shape index (κ1) is 23.6. The largest absolute Gasteiger partial charge is 0.497 e. The molecule has 164 valence electrons. The number of anilines is 1. The van der Waals surface area contributed by atoms with Crippen molar-refractivity contribution in [2.45, 2.75) is 44.8 Å². The molecule has 0 aliphatic heterocycles. The first-order valence-corrected chi connectivity index (χ1v) is 12.2. The second-order valence-electron chi connectivity index (χ2n) is 7.39. The van der Waals surface area contributed by atoms with E-state index in [1.54, 1.807) is 7.11 Å². The molecule has 8 heteroatoms. The van der Waals surface area contributed by atoms with Gasteiger partial charge in [-0.25, -0.2) is 0 Å². The quantitative estimate of drug-likeness (QED) is 0.287. The molecular formula is C23H27IN4O2S. The molecule has 0 saturated carbocycles. The number of halogens is 1. The molecule has 0 aliphatic rings. The molecule has 0 aliphatic carbocycles. The number of thioether (sulfide) groups is 1. The van der Waals surface area contributed by atoms with Crippen LogP contribution in [-0.2, 0) is 17.8 Å². The third-order valence-corrected chi connectivity index (χ3v) is 6.51. The van der Waals surface area contributed by atoms with Crippen LogP contribution in [0.4, 0.5) is 5.69 Å². The maximum Gasteiger partial charge on any atom is 0.234 e. The number of nitrogens with zero attached hydrogens (tertiary/aromatic N) is 3. The fraction of sp³-hybridized carbons (Fsp3) is 0.348. The number of nitrogens with one attached hydrogen (secondary N) is 1. The number of carbonyl (C=O) groups is 1. The molecule has 1 aromatic heterocycles. The SMILES string of the molecule is CCn1c(Cc2ccc(OC)cc2)nnc1SCC(=O)Nc1ccc(I)cc1C(C)C. The van der Waals surface area contributed by atoms with E-state index in [9.17, 15) is 4.79 Å². The number of hydrogen-bond acceptors (Lipinski definition) is 5. The van der Waals surface area contributed by atoms with Crippen LogP contribution in [0.25, 0.3) is 0 Å². The van der Waals surface area contributed by atoms with Gasteiger partial charge < -0.3 is 14.6 Å². The van der Waals surface area contributed by atoms with Crippen molar-refractivity contribution in [2.24, 2.45) is 0 Å². The molecule has 1 heterocycles. The van der Waals surface area contributed by atoms with Crippen molar-refractivity contribution in [3.8, 4) is 5.75 Å². The average molecular weight is 550 g/mol. The molecule has 1 amide bonds. The highest BCUT2D eigenvalue weighted by molar-refractivity contribution is 14.1. The lowest BCUT2D eigenvalue weighted by molar-refractivity contribution is -0.113. The smallest absolute Gasteiger partial charge is 0.234 e. The third-order valence-electron chi connectivity index (χ3n) is 4.87. The van der Waals surface area contributed by atoms with E-state index >= 15 is 0 Å². The fourth-order valence-corrected chi connectivity index (χ4v) is 4.58. The Kier molecular flexibility index (Phi) is 8.36. The number of aromatic nitrogens is 3. The van der Waals surface area contributed by atoms with E-state index in [1.165, 1.54) is 11.8 Å². The molecule has 0 spiro atoms. The molecule has 2 aromatic carbocycles. The van der Waals surface area contributed by atoms with E-state index < -0.39 is 0 Å². The van der Waals surface area contributed by atoms with Crippen LogP contribution in [0, 0.1) is 3.57 Å². The standard InChI is InChI=1S/C23H27IN4O2S/c1-5-28-21(12-16-6-9-18(30-4)10-7-16)26-27-23(28)31-14-22(29)25-20-11-8-17(24)13-19(20)15(2)3/h6-11,13,15H,5,12,14H2,1-4H3,(H,25,29). The van der Waals surface area contributed by atoms with Crippen molar-refractivity contribution in [1.29, 1.82) is 0 Å². The minimum atomic E-state index is -0.0459. The Morgan fingerprint density at radius 1 is 1.19 bits per heavy atom. The van der Waals surface area contributed by atoms with E-state index in [1.807, 2.05) is 36.4 Å². The lowest BCUT2D eigenvalue weighted by Gasteiger charge is -2.14. The molecule has 3 rings (SSSR count). The van der Waals surface area contributed by atoms with E-state index in [4.69, 9.17) is 4.74 Å². The zero-order chi connectivity index (χ0) is 22.4. The van der Waals surface area contributed by atoms with Crippen LogP contribution in [-0.4, -0.2) is 33.5 Å². The van der Waals surface area contributed by atoms with Crippen molar-refractivity contribution >= 4 is 45.9 Å². The molecule has 3 aromatic rings. The lowest BCUT2D eigenvalue weighted by Crippen LogP contribution is -2.16. The highest BCUT2D eigenvalue weighted by Crippen LogP contribution is 2.27. The normalized spacial score (nSPS) is 11.0. The predicted octanol–water partition coefficient (Wildman–Crippen LogP) is 5.36. The summed E-state index contributed by atoms with van der Waals surface area (Å²) in [6, 6.07) is 14.0. The Hall–Kier alpha value is -2.07. The number of amides is 1. The summed E-state index contributed by atoms with van der Waals surface area (Å²) in [5, 5.41) is 12.5. The van der Waals surface area contributed by atoms with Gasteiger partial charge >= 0.3 is 0 Å². The van der Waals surface area contributed by atoms with Gasteiger partial charge in [-0.1, -0.05) is 37.7 Å². The second-order valence-corrected chi connectivity index (χ2v) is 9.58. The molecular weight excluding hydrogens is 523 g/mol. The molecule has 0 saturated heterocycles. The summed E-state index contributed by atoms with van der Waals surface area (Å²) in [5.74, 6) is 2.29. The van der Waals surface area contributed by atoms with Crippen molar-refractivity contribution < 1.29 is 9.53 Å². The monoisotopic (exact) mass is 550 g/mol. The number of rotatable bonds is 9. The van der Waals surface area contributed by atoms with Gasteiger partial charge in [0.05, 0.1) is 12.9 Å². The van der Waals surface area contributed by atoms with Crippen LogP contribution in [0.1, 0.15) is 43.6 Å². The number of carbonyl (C=O) groups excluding carboxylic acids is 1. The van der Waals surface area contributed by atoms with Gasteiger partial charge in [-0.05, 0) is 76.9 Å². The zero-order valence-corrected chi connectivity index (χ0v) is 21.2. The van der Waals surface area contributed by atoms with Crippen LogP contribution >= 0.6 is 34.4 Å². The highest BCUT2D eigenvalue weighted by Gasteiger charge is 2.15. The van der Waals surface area contributed by atoms with Gasteiger partial charge in [0.2, 0.25) is 5.91 Å². The Bertz CT molecular complexity index is 1030. The van der Waals surface area contributed by atoms with Crippen molar-refractivity contribution in [3.63, 3.8) is 0 Å². The molecule has 0 bridgehead atoms. The molecule has 0 atom stereocenters. The van der Waals surface area contributed by atoms with Crippen LogP contribution in [0.15, 0.2) is 47.6 Å². The van der Waals surface area contributed by atoms with Gasteiger partial charge in [0, 0.05) is 22.2 Å². The maximum atomic E-state index is 12.6. The first-order valence-electron chi connectivity index (χ1n) is 10.2. The van der Waals surface area contributed by atoms with Gasteiger partial charge in [-0.15, -0.1) is 10.2 Å². The van der Waals surface area contributed by atoms with Crippen LogP contribution in [0.2, 0.25) is 0 Å². The second kappa shape index (κ2) is 11.0. The highest BCUT2D eigenvalue weighted by atomic mass is 127. The summed E-state index contributed by atoms with van der Waals surface area (Å²) in [6.45, 7) is 7.07. The molecule has 1 N–H and O–H groups in total. The van der Waals surface area contributed by atoms with Crippen molar-refractivity contribution in [1.82, 2.24) is 14.8 Å². The van der Waals surface area contributed by atoms with E-state index in [2.05, 4.69) is 69.5 Å². The minimum absolute atomic E-state index is 0.0459. The summed E-state index contributed by atoms with van der Waals surface area (Å²) >= 11 is 3.70. The molecule has 0 radical (unpaired) electrons. The minimum Gasteiger partial charge on any atom is -0.497 e. The number of benzene rings is 2. The molecule has 0 fully saturated rings. The van der Waals surface area contributed by atoms with Crippen LogP contribution < -0.4 is 10.1 Å². The zero-order valence-electron chi connectivity index (χ0n) is 18.2. The fourth-order valence-electron chi connectivity index (χ4n) is 3.24. The molecule has 6 nitrogen and oxygen atoms in total. The average Bonchev–Trinajstić information content (AvgIpc) is 3.15. The summed E-state index contributed by atoms with van der Waals surface area (Å²) < 4.78 is 8.44. The Labute approximate surface area is 201 Å². The van der Waals surface area contributed by atoms with Gasteiger partial charge in [-0.3, -0.25) is 4.79 Å². The number of methoxy groups -OCH3 is 1. The molecule has 31 heavy (non-hydrogen) atoms. The van der Waals surface area contributed by atoms with Crippen LogP contribution in [0.3, 0.4) is 0 Å². The number of hydrogen-bond donors (Lipinski definition) is 1. The van der Waals surface area contributed by atoms with E-state index in [0.29, 0.717) is 12.3 Å². The van der Waals surface area contributed by atoms with Gasteiger partial charge in [0.15, 0.2) is 5.16 Å².